The number of carbonyl (C=O) groups excluding carboxylic acids is 1. The van der Waals surface area contributed by atoms with Crippen LogP contribution in [0.25, 0.3) is 28.3 Å². The lowest BCUT2D eigenvalue weighted by Crippen LogP contribution is -2.05. The number of carbonyl (C=O) groups is 1. The van der Waals surface area contributed by atoms with Crippen LogP contribution in [0.2, 0.25) is 0 Å². The Kier molecular flexibility index (Phi) is 4.38. The molecule has 1 aromatic heterocycles. The second-order valence-corrected chi connectivity index (χ2v) is 5.40. The largest absolute Gasteiger partial charge is 0.399 e. The van der Waals surface area contributed by atoms with Gasteiger partial charge < -0.3 is 11.5 Å². The van der Waals surface area contributed by atoms with Crippen LogP contribution in [0, 0.1) is 0 Å². The summed E-state index contributed by atoms with van der Waals surface area (Å²) in [6.07, 6.45) is 6.62. The van der Waals surface area contributed by atoms with E-state index in [1.165, 1.54) is 6.08 Å². The molecule has 0 aliphatic rings. The Labute approximate surface area is 140 Å². The molecule has 0 aliphatic carbocycles. The number of nitrogen functional groups attached to an aromatic ring is 1. The standard InChI is InChI=1S/C20H17N3O/c21-18-5-1-3-15(12-18)19-8-6-14(17-4-2-10-23-13-17)11-16(19)7-9-20(22)24/h1-13H,21H2,(H2,22,24)/b9-7+. The quantitative estimate of drug-likeness (QED) is 0.571. The fourth-order valence-electron chi connectivity index (χ4n) is 2.55. The van der Waals surface area contributed by atoms with Gasteiger partial charge in [-0.2, -0.15) is 0 Å². The number of hydrogen-bond acceptors (Lipinski definition) is 3. The van der Waals surface area contributed by atoms with Crippen molar-refractivity contribution in [1.82, 2.24) is 4.98 Å². The number of anilines is 1. The highest BCUT2D eigenvalue weighted by Gasteiger charge is 2.07. The van der Waals surface area contributed by atoms with Crippen LogP contribution in [-0.2, 0) is 4.79 Å². The highest BCUT2D eigenvalue weighted by Crippen LogP contribution is 2.30. The lowest BCUT2D eigenvalue weighted by Gasteiger charge is -2.10. The molecule has 4 heteroatoms. The number of pyridine rings is 1. The molecule has 3 aromatic rings. The van der Waals surface area contributed by atoms with E-state index in [4.69, 9.17) is 11.5 Å². The van der Waals surface area contributed by atoms with Gasteiger partial charge in [-0.25, -0.2) is 0 Å². The number of benzene rings is 2. The minimum Gasteiger partial charge on any atom is -0.399 e. The second kappa shape index (κ2) is 6.79. The fraction of sp³-hybridized carbons (Fsp3) is 0. The molecule has 0 saturated heterocycles. The Hall–Kier alpha value is -3.40. The van der Waals surface area contributed by atoms with Crippen LogP contribution in [0.4, 0.5) is 5.69 Å². The minimum atomic E-state index is -0.486. The van der Waals surface area contributed by atoms with Crippen LogP contribution >= 0.6 is 0 Å². The summed E-state index contributed by atoms with van der Waals surface area (Å²) in [5.41, 5.74) is 16.7. The molecule has 3 rings (SSSR count). The van der Waals surface area contributed by atoms with E-state index >= 15 is 0 Å². The fourth-order valence-corrected chi connectivity index (χ4v) is 2.55. The third-order valence-corrected chi connectivity index (χ3v) is 3.67. The van der Waals surface area contributed by atoms with Gasteiger partial charge in [0.25, 0.3) is 0 Å². The molecule has 0 aliphatic heterocycles. The van der Waals surface area contributed by atoms with Crippen LogP contribution in [0.3, 0.4) is 0 Å². The molecule has 2 aromatic carbocycles. The zero-order valence-electron chi connectivity index (χ0n) is 13.0. The summed E-state index contributed by atoms with van der Waals surface area (Å²) in [5.74, 6) is -0.486. The predicted molar refractivity (Wildman–Crippen MR) is 97.7 cm³/mol. The summed E-state index contributed by atoms with van der Waals surface area (Å²) >= 11 is 0. The normalized spacial score (nSPS) is 10.8. The van der Waals surface area contributed by atoms with Gasteiger partial charge in [-0.1, -0.05) is 30.3 Å². The van der Waals surface area contributed by atoms with Crippen LogP contribution in [0.15, 0.2) is 73.1 Å². The van der Waals surface area contributed by atoms with E-state index < -0.39 is 5.91 Å². The second-order valence-electron chi connectivity index (χ2n) is 5.40. The van der Waals surface area contributed by atoms with Crippen molar-refractivity contribution in [1.29, 1.82) is 0 Å². The summed E-state index contributed by atoms with van der Waals surface area (Å²) in [4.78, 5) is 15.3. The van der Waals surface area contributed by atoms with Gasteiger partial charge in [-0.15, -0.1) is 0 Å². The number of amides is 1. The molecular formula is C20H17N3O. The van der Waals surface area contributed by atoms with E-state index in [2.05, 4.69) is 4.98 Å². The average molecular weight is 315 g/mol. The summed E-state index contributed by atoms with van der Waals surface area (Å²) in [6.45, 7) is 0. The maximum Gasteiger partial charge on any atom is 0.241 e. The molecule has 24 heavy (non-hydrogen) atoms. The summed E-state index contributed by atoms with van der Waals surface area (Å²) < 4.78 is 0. The molecule has 0 atom stereocenters. The molecule has 0 radical (unpaired) electrons. The number of rotatable bonds is 4. The molecule has 0 bridgehead atoms. The Morgan fingerprint density at radius 3 is 2.50 bits per heavy atom. The van der Waals surface area contributed by atoms with Crippen molar-refractivity contribution in [2.24, 2.45) is 5.73 Å². The topological polar surface area (TPSA) is 82.0 Å². The maximum absolute atomic E-state index is 11.1. The van der Waals surface area contributed by atoms with Crippen LogP contribution in [0.1, 0.15) is 5.56 Å². The predicted octanol–water partition coefficient (Wildman–Crippen LogP) is 3.50. The van der Waals surface area contributed by atoms with Gasteiger partial charge in [0.15, 0.2) is 0 Å². The minimum absolute atomic E-state index is 0.486. The van der Waals surface area contributed by atoms with Gasteiger partial charge in [-0.3, -0.25) is 9.78 Å². The molecule has 0 unspecified atom stereocenters. The molecule has 4 nitrogen and oxygen atoms in total. The van der Waals surface area contributed by atoms with Crippen molar-refractivity contribution in [3.05, 3.63) is 78.6 Å². The third kappa shape index (κ3) is 3.50. The first-order valence-corrected chi connectivity index (χ1v) is 7.51. The number of hydrogen-bond donors (Lipinski definition) is 2. The third-order valence-electron chi connectivity index (χ3n) is 3.67. The number of primary amides is 1. The zero-order valence-corrected chi connectivity index (χ0v) is 13.0. The van der Waals surface area contributed by atoms with Crippen molar-refractivity contribution in [3.8, 4) is 22.3 Å². The SMILES string of the molecule is NC(=O)/C=C/c1cc(-c2cccnc2)ccc1-c1cccc(N)c1. The lowest BCUT2D eigenvalue weighted by atomic mass is 9.95. The van der Waals surface area contributed by atoms with Gasteiger partial charge in [0.2, 0.25) is 5.91 Å². The number of nitrogens with two attached hydrogens (primary N) is 2. The Bertz CT molecular complexity index is 902. The van der Waals surface area contributed by atoms with E-state index in [9.17, 15) is 4.79 Å². The van der Waals surface area contributed by atoms with Gasteiger partial charge in [0.05, 0.1) is 0 Å². The summed E-state index contributed by atoms with van der Waals surface area (Å²) in [7, 11) is 0. The smallest absolute Gasteiger partial charge is 0.241 e. The van der Waals surface area contributed by atoms with Crippen LogP contribution in [-0.4, -0.2) is 10.9 Å². The van der Waals surface area contributed by atoms with Gasteiger partial charge in [-0.05, 0) is 52.6 Å². The first-order valence-electron chi connectivity index (χ1n) is 7.51. The first-order chi connectivity index (χ1) is 11.6. The van der Waals surface area contributed by atoms with E-state index in [-0.39, 0.29) is 0 Å². The van der Waals surface area contributed by atoms with Gasteiger partial charge in [0.1, 0.15) is 0 Å². The first kappa shape index (κ1) is 15.5. The number of nitrogens with zero attached hydrogens (tertiary/aromatic N) is 1. The molecule has 1 heterocycles. The van der Waals surface area contributed by atoms with E-state index in [0.717, 1.165) is 27.8 Å². The summed E-state index contributed by atoms with van der Waals surface area (Å²) in [6, 6.07) is 17.6. The Morgan fingerprint density at radius 1 is 0.958 bits per heavy atom. The molecular weight excluding hydrogens is 298 g/mol. The van der Waals surface area contributed by atoms with Gasteiger partial charge in [0, 0.05) is 29.7 Å². The molecule has 1 amide bonds. The van der Waals surface area contributed by atoms with Gasteiger partial charge >= 0.3 is 0 Å². The Morgan fingerprint density at radius 2 is 1.79 bits per heavy atom. The van der Waals surface area contributed by atoms with E-state index in [1.54, 1.807) is 18.5 Å². The van der Waals surface area contributed by atoms with Crippen LogP contribution in [0.5, 0.6) is 0 Å². The highest BCUT2D eigenvalue weighted by molar-refractivity contribution is 5.92. The molecule has 118 valence electrons. The van der Waals surface area contributed by atoms with Crippen molar-refractivity contribution < 1.29 is 4.79 Å². The highest BCUT2D eigenvalue weighted by atomic mass is 16.1. The zero-order chi connectivity index (χ0) is 16.9. The lowest BCUT2D eigenvalue weighted by molar-refractivity contribution is -0.113. The molecule has 0 fully saturated rings. The van der Waals surface area contributed by atoms with Crippen molar-refractivity contribution >= 4 is 17.7 Å². The number of aromatic nitrogens is 1. The van der Waals surface area contributed by atoms with Crippen molar-refractivity contribution in [3.63, 3.8) is 0 Å². The summed E-state index contributed by atoms with van der Waals surface area (Å²) in [5, 5.41) is 0. The molecule has 4 N–H and O–H groups in total. The van der Waals surface area contributed by atoms with Crippen molar-refractivity contribution in [2.45, 2.75) is 0 Å². The maximum atomic E-state index is 11.1. The van der Waals surface area contributed by atoms with Crippen molar-refractivity contribution in [2.75, 3.05) is 5.73 Å². The molecule has 0 saturated carbocycles. The van der Waals surface area contributed by atoms with Crippen LogP contribution < -0.4 is 11.5 Å². The monoisotopic (exact) mass is 315 g/mol. The average Bonchev–Trinajstić information content (AvgIpc) is 2.60. The van der Waals surface area contributed by atoms with E-state index in [0.29, 0.717) is 5.69 Å². The molecule has 0 spiro atoms. The van der Waals surface area contributed by atoms with E-state index in [1.807, 2.05) is 54.6 Å². The Balaban J connectivity index is 2.13.